The molecule has 1 fully saturated rings. The molecule has 5 rings (SSSR count). The molecule has 1 aromatic carbocycles. The molecule has 0 radical (unpaired) electrons. The third-order valence-electron chi connectivity index (χ3n) is 6.84. The van der Waals surface area contributed by atoms with Gasteiger partial charge >= 0.3 is 5.97 Å². The summed E-state index contributed by atoms with van der Waals surface area (Å²) in [7, 11) is 0. The Morgan fingerprint density at radius 1 is 1.21 bits per heavy atom. The number of rotatable bonds is 4. The molecule has 3 aliphatic rings. The van der Waals surface area contributed by atoms with Gasteiger partial charge in [-0.3, -0.25) is 4.79 Å². The van der Waals surface area contributed by atoms with Crippen LogP contribution in [-0.2, 0) is 14.3 Å². The van der Waals surface area contributed by atoms with Crippen molar-refractivity contribution >= 4 is 39.0 Å². The maximum absolute atomic E-state index is 15.2. The van der Waals surface area contributed by atoms with Crippen LogP contribution in [0.5, 0.6) is 0 Å². The molecular formula is C26H25BrFNO3S. The van der Waals surface area contributed by atoms with Crippen molar-refractivity contribution in [1.82, 2.24) is 5.32 Å². The van der Waals surface area contributed by atoms with Gasteiger partial charge in [0.2, 0.25) is 0 Å². The standard InChI is InChI=1S/C26H25BrFNO3S/c1-14-23(26(31)32-17-5-2-3-6-17)24(18-13-16(27)8-9-19(18)28)25-20(29-14)11-15(12-21(25)30)22-7-4-10-33-22/h4,7-10,13,15,17,24,29H,2-3,5-6,11-12H2,1H3/t15-,24-/m0/s1. The molecule has 7 heteroatoms. The van der Waals surface area contributed by atoms with Gasteiger partial charge in [-0.2, -0.15) is 0 Å². The molecule has 33 heavy (non-hydrogen) atoms. The van der Waals surface area contributed by atoms with Gasteiger partial charge in [0.15, 0.2) is 5.78 Å². The molecule has 1 aromatic heterocycles. The van der Waals surface area contributed by atoms with E-state index < -0.39 is 17.7 Å². The van der Waals surface area contributed by atoms with Crippen molar-refractivity contribution in [2.24, 2.45) is 0 Å². The molecule has 2 heterocycles. The van der Waals surface area contributed by atoms with Crippen molar-refractivity contribution in [2.75, 3.05) is 0 Å². The van der Waals surface area contributed by atoms with Crippen molar-refractivity contribution in [3.05, 3.63) is 79.0 Å². The van der Waals surface area contributed by atoms with E-state index >= 15 is 4.39 Å². The van der Waals surface area contributed by atoms with Crippen molar-refractivity contribution in [2.45, 2.75) is 63.4 Å². The topological polar surface area (TPSA) is 55.4 Å². The van der Waals surface area contributed by atoms with Crippen LogP contribution < -0.4 is 5.32 Å². The lowest BCUT2D eigenvalue weighted by Crippen LogP contribution is -2.36. The van der Waals surface area contributed by atoms with Crippen LogP contribution in [0, 0.1) is 5.82 Å². The molecule has 0 amide bonds. The Balaban J connectivity index is 1.59. The minimum Gasteiger partial charge on any atom is -0.459 e. The summed E-state index contributed by atoms with van der Waals surface area (Å²) in [6.07, 6.45) is 4.64. The smallest absolute Gasteiger partial charge is 0.337 e. The van der Waals surface area contributed by atoms with Crippen molar-refractivity contribution in [3.8, 4) is 0 Å². The Labute approximate surface area is 205 Å². The number of allylic oxidation sites excluding steroid dienone is 3. The molecule has 0 bridgehead atoms. The number of thiophene rings is 1. The first kappa shape index (κ1) is 22.5. The average Bonchev–Trinajstić information content (AvgIpc) is 3.48. The molecule has 0 unspecified atom stereocenters. The van der Waals surface area contributed by atoms with Gasteiger partial charge in [0.25, 0.3) is 0 Å². The summed E-state index contributed by atoms with van der Waals surface area (Å²) < 4.78 is 21.7. The Kier molecular flexibility index (Phi) is 6.27. The number of esters is 1. The molecule has 4 nitrogen and oxygen atoms in total. The molecule has 2 aromatic rings. The monoisotopic (exact) mass is 529 g/mol. The number of carbonyl (C=O) groups excluding carboxylic acids is 2. The highest BCUT2D eigenvalue weighted by Gasteiger charge is 2.43. The van der Waals surface area contributed by atoms with Crippen LogP contribution in [0.3, 0.4) is 0 Å². The fourth-order valence-electron chi connectivity index (χ4n) is 5.30. The van der Waals surface area contributed by atoms with Gasteiger partial charge < -0.3 is 10.1 Å². The average molecular weight is 530 g/mol. The summed E-state index contributed by atoms with van der Waals surface area (Å²) in [6, 6.07) is 8.71. The van der Waals surface area contributed by atoms with Gasteiger partial charge in [-0.1, -0.05) is 22.0 Å². The lowest BCUT2D eigenvalue weighted by atomic mass is 9.72. The van der Waals surface area contributed by atoms with Crippen molar-refractivity contribution in [3.63, 3.8) is 0 Å². The summed E-state index contributed by atoms with van der Waals surface area (Å²) in [6.45, 7) is 1.82. The van der Waals surface area contributed by atoms with Gasteiger partial charge in [-0.15, -0.1) is 11.3 Å². The molecule has 1 aliphatic heterocycles. The van der Waals surface area contributed by atoms with Crippen LogP contribution in [0.4, 0.5) is 4.39 Å². The van der Waals surface area contributed by atoms with Crippen LogP contribution in [0.25, 0.3) is 0 Å². The molecule has 2 atom stereocenters. The molecule has 1 saturated carbocycles. The number of halogens is 2. The third kappa shape index (κ3) is 4.33. The zero-order valence-electron chi connectivity index (χ0n) is 18.3. The van der Waals surface area contributed by atoms with E-state index in [1.165, 1.54) is 6.07 Å². The van der Waals surface area contributed by atoms with Gasteiger partial charge in [-0.05, 0) is 68.7 Å². The Morgan fingerprint density at radius 3 is 2.73 bits per heavy atom. The number of carbonyl (C=O) groups is 2. The molecular weight excluding hydrogens is 505 g/mol. The first-order valence-corrected chi connectivity index (χ1v) is 13.0. The number of benzene rings is 1. The number of nitrogens with one attached hydrogen (secondary N) is 1. The number of hydrogen-bond acceptors (Lipinski definition) is 5. The van der Waals surface area contributed by atoms with E-state index in [1.807, 2.05) is 18.4 Å². The normalized spacial score (nSPS) is 23.5. The van der Waals surface area contributed by atoms with Gasteiger partial charge in [0, 0.05) is 44.2 Å². The van der Waals surface area contributed by atoms with Crippen LogP contribution in [0.1, 0.15) is 67.7 Å². The van der Waals surface area contributed by atoms with Crippen molar-refractivity contribution in [1.29, 1.82) is 0 Å². The summed E-state index contributed by atoms with van der Waals surface area (Å²) in [5.74, 6) is -1.66. The van der Waals surface area contributed by atoms with E-state index in [0.29, 0.717) is 39.7 Å². The molecule has 0 saturated heterocycles. The summed E-state index contributed by atoms with van der Waals surface area (Å²) in [4.78, 5) is 28.1. The SMILES string of the molecule is CC1=C(C(=O)OC2CCCC2)[C@H](c2cc(Br)ccc2F)C2=C(C[C@H](c3cccs3)CC2=O)N1. The highest BCUT2D eigenvalue weighted by Crippen LogP contribution is 2.47. The molecule has 2 aliphatic carbocycles. The maximum Gasteiger partial charge on any atom is 0.337 e. The zero-order chi connectivity index (χ0) is 23.1. The largest absolute Gasteiger partial charge is 0.459 e. The van der Waals surface area contributed by atoms with Crippen LogP contribution in [0.2, 0.25) is 0 Å². The predicted molar refractivity (Wildman–Crippen MR) is 129 cm³/mol. The predicted octanol–water partition coefficient (Wildman–Crippen LogP) is 6.50. The van der Waals surface area contributed by atoms with Crippen LogP contribution >= 0.6 is 27.3 Å². The Bertz CT molecular complexity index is 1160. The summed E-state index contributed by atoms with van der Waals surface area (Å²) >= 11 is 5.07. The molecule has 1 N–H and O–H groups in total. The second kappa shape index (κ2) is 9.18. The number of ketones is 1. The fourth-order valence-corrected chi connectivity index (χ4v) is 6.51. The summed E-state index contributed by atoms with van der Waals surface area (Å²) in [5.41, 5.74) is 2.55. The van der Waals surface area contributed by atoms with Crippen LogP contribution in [0.15, 0.2) is 62.7 Å². The maximum atomic E-state index is 15.2. The van der Waals surface area contributed by atoms with Crippen LogP contribution in [-0.4, -0.2) is 17.9 Å². The quantitative estimate of drug-likeness (QED) is 0.459. The van der Waals surface area contributed by atoms with E-state index in [1.54, 1.807) is 23.5 Å². The lowest BCUT2D eigenvalue weighted by molar-refractivity contribution is -0.144. The Hall–Kier alpha value is -2.25. The lowest BCUT2D eigenvalue weighted by Gasteiger charge is -2.36. The number of hydrogen-bond donors (Lipinski definition) is 1. The van der Waals surface area contributed by atoms with E-state index in [0.717, 1.165) is 36.3 Å². The fraction of sp³-hybridized carbons (Fsp3) is 0.385. The van der Waals surface area contributed by atoms with E-state index in [4.69, 9.17) is 4.74 Å². The van der Waals surface area contributed by atoms with Crippen molar-refractivity contribution < 1.29 is 18.7 Å². The number of ether oxygens (including phenoxy) is 1. The second-order valence-electron chi connectivity index (χ2n) is 9.01. The van der Waals surface area contributed by atoms with E-state index in [2.05, 4.69) is 27.3 Å². The molecule has 172 valence electrons. The summed E-state index contributed by atoms with van der Waals surface area (Å²) in [5, 5.41) is 5.35. The van der Waals surface area contributed by atoms with Gasteiger partial charge in [0.05, 0.1) is 11.5 Å². The second-order valence-corrected chi connectivity index (χ2v) is 10.9. The number of Topliss-reactive ketones (excluding diaryl/α,β-unsaturated/α-hetero) is 1. The highest BCUT2D eigenvalue weighted by molar-refractivity contribution is 9.10. The Morgan fingerprint density at radius 2 is 2.00 bits per heavy atom. The van der Waals surface area contributed by atoms with E-state index in [9.17, 15) is 9.59 Å². The molecule has 0 spiro atoms. The van der Waals surface area contributed by atoms with Gasteiger partial charge in [0.1, 0.15) is 11.9 Å². The minimum atomic E-state index is -0.788. The third-order valence-corrected chi connectivity index (χ3v) is 8.37. The zero-order valence-corrected chi connectivity index (χ0v) is 20.7. The minimum absolute atomic E-state index is 0.0507. The first-order chi connectivity index (χ1) is 15.9. The van der Waals surface area contributed by atoms with Gasteiger partial charge in [-0.25, -0.2) is 9.18 Å². The highest BCUT2D eigenvalue weighted by atomic mass is 79.9. The number of dihydropyridines is 1. The van der Waals surface area contributed by atoms with E-state index in [-0.39, 0.29) is 17.8 Å². The first-order valence-electron chi connectivity index (χ1n) is 11.4.